The molecule has 8 nitrogen and oxygen atoms in total. The van der Waals surface area contributed by atoms with Gasteiger partial charge >= 0.3 is 0 Å². The van der Waals surface area contributed by atoms with Crippen LogP contribution < -0.4 is 10.2 Å². The van der Waals surface area contributed by atoms with Crippen LogP contribution in [0.1, 0.15) is 23.3 Å². The molecule has 3 heterocycles. The zero-order valence-electron chi connectivity index (χ0n) is 16.4. The van der Waals surface area contributed by atoms with E-state index in [1.807, 2.05) is 24.3 Å². The summed E-state index contributed by atoms with van der Waals surface area (Å²) in [5, 5.41) is 7.10. The lowest BCUT2D eigenvalue weighted by Crippen LogP contribution is -2.44. The molecule has 148 valence electrons. The van der Waals surface area contributed by atoms with Crippen LogP contribution >= 0.6 is 0 Å². The van der Waals surface area contributed by atoms with Gasteiger partial charge in [-0.2, -0.15) is 5.10 Å². The Bertz CT molecular complexity index is 885. The van der Waals surface area contributed by atoms with E-state index in [9.17, 15) is 9.59 Å². The van der Waals surface area contributed by atoms with Crippen molar-refractivity contribution in [3.05, 3.63) is 36.2 Å². The average molecular weight is 382 g/mol. The Morgan fingerprint density at radius 1 is 1.11 bits per heavy atom. The topological polar surface area (TPSA) is 73.7 Å². The number of carbonyl (C=O) groups excluding carboxylic acids is 2. The van der Waals surface area contributed by atoms with Crippen LogP contribution in [0.4, 0.5) is 17.1 Å². The zero-order chi connectivity index (χ0) is 19.7. The molecule has 0 aliphatic carbocycles. The smallest absolute Gasteiger partial charge is 0.276 e. The number of amides is 2. The van der Waals surface area contributed by atoms with Gasteiger partial charge in [-0.3, -0.25) is 19.2 Å². The second kappa shape index (κ2) is 7.73. The molecule has 1 aromatic carbocycles. The van der Waals surface area contributed by atoms with Crippen molar-refractivity contribution in [2.45, 2.75) is 12.8 Å². The number of para-hydroxylation sites is 2. The van der Waals surface area contributed by atoms with Crippen molar-refractivity contribution in [1.29, 1.82) is 0 Å². The minimum absolute atomic E-state index is 0.0210. The minimum Gasteiger partial charge on any atom is -0.319 e. The van der Waals surface area contributed by atoms with Crippen molar-refractivity contribution in [3.63, 3.8) is 0 Å². The molecule has 2 aliphatic heterocycles. The molecule has 1 saturated heterocycles. The summed E-state index contributed by atoms with van der Waals surface area (Å²) in [6, 6.07) is 7.40. The third kappa shape index (κ3) is 3.53. The van der Waals surface area contributed by atoms with Crippen LogP contribution in [0.3, 0.4) is 0 Å². The van der Waals surface area contributed by atoms with Gasteiger partial charge in [0, 0.05) is 39.6 Å². The predicted octanol–water partition coefficient (Wildman–Crippen LogP) is 1.68. The first-order valence-electron chi connectivity index (χ1n) is 9.71. The van der Waals surface area contributed by atoms with Crippen LogP contribution in [0, 0.1) is 0 Å². The van der Waals surface area contributed by atoms with Gasteiger partial charge in [0.05, 0.1) is 23.3 Å². The highest BCUT2D eigenvalue weighted by molar-refractivity contribution is 6.16. The number of anilines is 3. The summed E-state index contributed by atoms with van der Waals surface area (Å²) >= 11 is 0. The summed E-state index contributed by atoms with van der Waals surface area (Å²) in [4.78, 5) is 32.2. The number of piperazine rings is 1. The zero-order valence-corrected chi connectivity index (χ0v) is 16.4. The molecule has 8 heteroatoms. The van der Waals surface area contributed by atoms with Gasteiger partial charge in [-0.25, -0.2) is 0 Å². The Morgan fingerprint density at radius 3 is 2.64 bits per heavy atom. The molecule has 1 aromatic heterocycles. The van der Waals surface area contributed by atoms with Gasteiger partial charge in [-0.15, -0.1) is 0 Å². The van der Waals surface area contributed by atoms with Gasteiger partial charge in [-0.1, -0.05) is 12.1 Å². The fourth-order valence-electron chi connectivity index (χ4n) is 3.84. The predicted molar refractivity (Wildman–Crippen MR) is 108 cm³/mol. The summed E-state index contributed by atoms with van der Waals surface area (Å²) in [6.45, 7) is 5.14. The Labute approximate surface area is 164 Å². The molecule has 2 aliphatic rings. The van der Waals surface area contributed by atoms with E-state index in [1.54, 1.807) is 18.1 Å². The largest absolute Gasteiger partial charge is 0.319 e. The van der Waals surface area contributed by atoms with Crippen molar-refractivity contribution in [2.24, 2.45) is 7.05 Å². The number of hydrogen-bond acceptors (Lipinski definition) is 5. The molecule has 1 N–H and O–H groups in total. The van der Waals surface area contributed by atoms with E-state index in [0.717, 1.165) is 39.1 Å². The number of likely N-dealkylation sites (N-methyl/N-ethyl adjacent to an activating group) is 1. The van der Waals surface area contributed by atoms with Gasteiger partial charge in [0.2, 0.25) is 5.91 Å². The van der Waals surface area contributed by atoms with Gasteiger partial charge in [-0.05, 0) is 32.1 Å². The molecule has 2 amide bonds. The van der Waals surface area contributed by atoms with Gasteiger partial charge < -0.3 is 15.1 Å². The van der Waals surface area contributed by atoms with Gasteiger partial charge in [0.15, 0.2) is 0 Å². The van der Waals surface area contributed by atoms with Crippen LogP contribution in [-0.2, 0) is 11.8 Å². The van der Waals surface area contributed by atoms with Crippen molar-refractivity contribution < 1.29 is 9.59 Å². The van der Waals surface area contributed by atoms with Crippen molar-refractivity contribution in [3.8, 4) is 0 Å². The lowest BCUT2D eigenvalue weighted by molar-refractivity contribution is -0.118. The molecular formula is C20H26N6O2. The third-order valence-corrected chi connectivity index (χ3v) is 5.48. The highest BCUT2D eigenvalue weighted by Crippen LogP contribution is 2.38. The first-order chi connectivity index (χ1) is 13.5. The number of aromatic nitrogens is 2. The molecule has 2 aromatic rings. The van der Waals surface area contributed by atoms with Crippen LogP contribution in [0.15, 0.2) is 30.5 Å². The number of nitrogens with one attached hydrogen (secondary N) is 1. The number of carbonyl (C=O) groups is 2. The molecule has 0 radical (unpaired) electrons. The Hall–Kier alpha value is -2.71. The second-order valence-electron chi connectivity index (χ2n) is 7.45. The third-order valence-electron chi connectivity index (χ3n) is 5.48. The van der Waals surface area contributed by atoms with Crippen LogP contribution in [-0.4, -0.2) is 71.2 Å². The standard InChI is InChI=1S/C20H26N6O2/c1-23-10-12-25(13-11-23)9-5-8-18(27)26-16-7-4-3-6-15(16)22-20(28)19-17(26)14-21-24(19)2/h3-4,6-7,14H,5,8-13H2,1-2H3,(H,22,28). The van der Waals surface area contributed by atoms with Crippen molar-refractivity contribution in [1.82, 2.24) is 19.6 Å². The molecular weight excluding hydrogens is 356 g/mol. The summed E-state index contributed by atoms with van der Waals surface area (Å²) in [6.07, 6.45) is 2.80. The maximum Gasteiger partial charge on any atom is 0.276 e. The lowest BCUT2D eigenvalue weighted by atomic mass is 10.2. The quantitative estimate of drug-likeness (QED) is 0.871. The summed E-state index contributed by atoms with van der Waals surface area (Å²) in [7, 11) is 3.85. The van der Waals surface area contributed by atoms with Crippen LogP contribution in [0.2, 0.25) is 0 Å². The van der Waals surface area contributed by atoms with E-state index >= 15 is 0 Å². The molecule has 1 fully saturated rings. The van der Waals surface area contributed by atoms with E-state index in [1.165, 1.54) is 4.68 Å². The maximum absolute atomic E-state index is 13.2. The average Bonchev–Trinajstić information content (AvgIpc) is 3.00. The molecule has 0 saturated carbocycles. The maximum atomic E-state index is 13.2. The fourth-order valence-corrected chi connectivity index (χ4v) is 3.84. The van der Waals surface area contributed by atoms with Gasteiger partial charge in [0.25, 0.3) is 5.91 Å². The number of hydrogen-bond donors (Lipinski definition) is 1. The van der Waals surface area contributed by atoms with Crippen molar-refractivity contribution >= 4 is 28.9 Å². The monoisotopic (exact) mass is 382 g/mol. The summed E-state index contributed by atoms with van der Waals surface area (Å²) in [5.74, 6) is -0.275. The molecule has 0 unspecified atom stereocenters. The second-order valence-corrected chi connectivity index (χ2v) is 7.45. The molecule has 4 rings (SSSR count). The van der Waals surface area contributed by atoms with Crippen LogP contribution in [0.25, 0.3) is 0 Å². The lowest BCUT2D eigenvalue weighted by Gasteiger charge is -2.32. The van der Waals surface area contributed by atoms with E-state index in [2.05, 4.69) is 27.3 Å². The molecule has 0 bridgehead atoms. The fraction of sp³-hybridized carbons (Fsp3) is 0.450. The number of aryl methyl sites for hydroxylation is 1. The number of rotatable bonds is 4. The number of nitrogens with zero attached hydrogens (tertiary/aromatic N) is 5. The molecule has 28 heavy (non-hydrogen) atoms. The molecule has 0 atom stereocenters. The Kier molecular flexibility index (Phi) is 5.15. The van der Waals surface area contributed by atoms with Crippen LogP contribution in [0.5, 0.6) is 0 Å². The van der Waals surface area contributed by atoms with E-state index in [4.69, 9.17) is 0 Å². The Morgan fingerprint density at radius 2 is 1.86 bits per heavy atom. The van der Waals surface area contributed by atoms with E-state index in [-0.39, 0.29) is 11.8 Å². The van der Waals surface area contributed by atoms with Crippen molar-refractivity contribution in [2.75, 3.05) is 50.0 Å². The SMILES string of the molecule is CN1CCN(CCCC(=O)N2c3ccccc3NC(=O)c3c2cnn3C)CC1. The summed E-state index contributed by atoms with van der Waals surface area (Å²) in [5.41, 5.74) is 2.25. The highest BCUT2D eigenvalue weighted by Gasteiger charge is 2.31. The highest BCUT2D eigenvalue weighted by atomic mass is 16.2. The first kappa shape index (κ1) is 18.6. The minimum atomic E-state index is -0.254. The summed E-state index contributed by atoms with van der Waals surface area (Å²) < 4.78 is 1.51. The van der Waals surface area contributed by atoms with E-state index in [0.29, 0.717) is 29.2 Å². The first-order valence-corrected chi connectivity index (χ1v) is 9.71. The van der Waals surface area contributed by atoms with Gasteiger partial charge in [0.1, 0.15) is 5.69 Å². The number of benzene rings is 1. The van der Waals surface area contributed by atoms with E-state index < -0.39 is 0 Å². The molecule has 0 spiro atoms. The normalized spacial score (nSPS) is 17.6. The number of fused-ring (bicyclic) bond motifs is 2. The Balaban J connectivity index is 1.53.